The van der Waals surface area contributed by atoms with Gasteiger partial charge < -0.3 is 20.6 Å². The molecule has 2 amide bonds. The average Bonchev–Trinajstić information content (AvgIpc) is 3.29. The molecule has 7 heteroatoms. The number of likely N-dealkylation sites (N-methyl/N-ethyl adjacent to an activating group) is 1. The number of benzene rings is 3. The summed E-state index contributed by atoms with van der Waals surface area (Å²) in [4.78, 5) is 38.4. The summed E-state index contributed by atoms with van der Waals surface area (Å²) in [6, 6.07) is 20.9. The molecule has 1 aliphatic heterocycles. The predicted molar refractivity (Wildman–Crippen MR) is 142 cm³/mol. The van der Waals surface area contributed by atoms with Crippen molar-refractivity contribution in [1.29, 1.82) is 0 Å². The predicted octanol–water partition coefficient (Wildman–Crippen LogP) is 4.93. The number of hydrogen-bond donors (Lipinski definition) is 3. The highest BCUT2D eigenvalue weighted by Gasteiger charge is 2.28. The Hall–Kier alpha value is -4.13. The van der Waals surface area contributed by atoms with Gasteiger partial charge in [0.25, 0.3) is 0 Å². The molecule has 0 aliphatic carbocycles. The van der Waals surface area contributed by atoms with Crippen LogP contribution in [-0.4, -0.2) is 36.5 Å². The van der Waals surface area contributed by atoms with Gasteiger partial charge >= 0.3 is 5.97 Å². The van der Waals surface area contributed by atoms with E-state index in [1.165, 1.54) is 0 Å². The zero-order valence-electron chi connectivity index (χ0n) is 20.7. The van der Waals surface area contributed by atoms with Gasteiger partial charge in [0.1, 0.15) is 0 Å². The third kappa shape index (κ3) is 5.57. The number of aliphatic carboxylic acids is 1. The molecule has 7 nitrogen and oxygen atoms in total. The van der Waals surface area contributed by atoms with E-state index < -0.39 is 5.97 Å². The summed E-state index contributed by atoms with van der Waals surface area (Å²) < 4.78 is 0. The summed E-state index contributed by atoms with van der Waals surface area (Å²) in [5.74, 6) is -1.29. The number of hydrogen-bond acceptors (Lipinski definition) is 4. The molecule has 0 saturated carbocycles. The first-order chi connectivity index (χ1) is 17.2. The van der Waals surface area contributed by atoms with E-state index in [-0.39, 0.29) is 36.5 Å². The van der Waals surface area contributed by atoms with Crippen LogP contribution >= 0.6 is 0 Å². The standard InChI is InChI=1S/C29H31N3O4/c1-18(15-28(34)35)21-9-11-22(12-10-21)32(3)27(33)16-20-8-13-25(19(2)14-20)31-29(36)24-17-30-26-7-5-4-6-23(24)26/h4-14,18,24,30H,15-17H2,1-3H3,(H,31,36)(H,34,35). The minimum Gasteiger partial charge on any atom is -0.481 e. The van der Waals surface area contributed by atoms with Crippen LogP contribution in [0.4, 0.5) is 17.1 Å². The molecular formula is C29H31N3O4. The van der Waals surface area contributed by atoms with Crippen molar-refractivity contribution in [2.45, 2.75) is 38.5 Å². The Balaban J connectivity index is 1.37. The van der Waals surface area contributed by atoms with Crippen LogP contribution in [0.5, 0.6) is 0 Å². The number of carboxylic acids is 1. The van der Waals surface area contributed by atoms with E-state index in [9.17, 15) is 14.4 Å². The number of fused-ring (bicyclic) bond motifs is 1. The van der Waals surface area contributed by atoms with E-state index >= 15 is 0 Å². The first-order valence-corrected chi connectivity index (χ1v) is 12.0. The highest BCUT2D eigenvalue weighted by molar-refractivity contribution is 5.99. The van der Waals surface area contributed by atoms with E-state index in [1.54, 1.807) is 11.9 Å². The van der Waals surface area contributed by atoms with Crippen LogP contribution in [0.25, 0.3) is 0 Å². The van der Waals surface area contributed by atoms with Gasteiger partial charge in [0, 0.05) is 30.7 Å². The molecule has 4 rings (SSSR count). The average molecular weight is 486 g/mol. The summed E-state index contributed by atoms with van der Waals surface area (Å²) in [6.07, 6.45) is 0.289. The molecule has 186 valence electrons. The normalized spacial score (nSPS) is 14.9. The molecule has 2 unspecified atom stereocenters. The van der Waals surface area contributed by atoms with Crippen LogP contribution in [0, 0.1) is 6.92 Å². The van der Waals surface area contributed by atoms with Crippen LogP contribution < -0.4 is 15.5 Å². The molecule has 0 fully saturated rings. The van der Waals surface area contributed by atoms with Gasteiger partial charge in [-0.2, -0.15) is 0 Å². The molecule has 3 aromatic carbocycles. The third-order valence-electron chi connectivity index (χ3n) is 6.76. The van der Waals surface area contributed by atoms with Gasteiger partial charge in [0.05, 0.1) is 18.8 Å². The molecule has 1 heterocycles. The molecule has 0 spiro atoms. The molecule has 3 aromatic rings. The highest BCUT2D eigenvalue weighted by atomic mass is 16.4. The molecule has 1 aliphatic rings. The zero-order valence-corrected chi connectivity index (χ0v) is 20.7. The minimum absolute atomic E-state index is 0.0553. The number of para-hydroxylation sites is 1. The number of carbonyl (C=O) groups excluding carboxylic acids is 2. The number of anilines is 3. The van der Waals surface area contributed by atoms with Gasteiger partial charge in [-0.3, -0.25) is 14.4 Å². The van der Waals surface area contributed by atoms with Gasteiger partial charge in [-0.25, -0.2) is 0 Å². The Bertz CT molecular complexity index is 1290. The fourth-order valence-electron chi connectivity index (χ4n) is 4.56. The second kappa shape index (κ2) is 10.6. The third-order valence-corrected chi connectivity index (χ3v) is 6.76. The Morgan fingerprint density at radius 1 is 1.08 bits per heavy atom. The maximum Gasteiger partial charge on any atom is 0.303 e. The van der Waals surface area contributed by atoms with E-state index in [2.05, 4.69) is 10.6 Å². The van der Waals surface area contributed by atoms with E-state index in [4.69, 9.17) is 5.11 Å². The van der Waals surface area contributed by atoms with Gasteiger partial charge in [-0.1, -0.05) is 49.4 Å². The Morgan fingerprint density at radius 3 is 2.50 bits per heavy atom. The lowest BCUT2D eigenvalue weighted by molar-refractivity contribution is -0.137. The van der Waals surface area contributed by atoms with Crippen molar-refractivity contribution in [3.63, 3.8) is 0 Å². The topological polar surface area (TPSA) is 98.7 Å². The number of amides is 2. The summed E-state index contributed by atoms with van der Waals surface area (Å²) >= 11 is 0. The van der Waals surface area contributed by atoms with E-state index in [0.29, 0.717) is 6.54 Å². The summed E-state index contributed by atoms with van der Waals surface area (Å²) in [5.41, 5.74) is 6.16. The van der Waals surface area contributed by atoms with Crippen molar-refractivity contribution in [3.8, 4) is 0 Å². The van der Waals surface area contributed by atoms with E-state index in [0.717, 1.165) is 39.3 Å². The quantitative estimate of drug-likeness (QED) is 0.420. The lowest BCUT2D eigenvalue weighted by Gasteiger charge is -2.19. The number of rotatable bonds is 8. The molecule has 0 saturated heterocycles. The van der Waals surface area contributed by atoms with Crippen LogP contribution in [0.1, 0.15) is 47.4 Å². The lowest BCUT2D eigenvalue weighted by atomic mass is 9.97. The first-order valence-electron chi connectivity index (χ1n) is 12.0. The Labute approximate surface area is 211 Å². The molecule has 36 heavy (non-hydrogen) atoms. The monoisotopic (exact) mass is 485 g/mol. The van der Waals surface area contributed by atoms with Crippen molar-refractivity contribution in [2.24, 2.45) is 0 Å². The zero-order chi connectivity index (χ0) is 25.8. The van der Waals surface area contributed by atoms with Crippen LogP contribution in [-0.2, 0) is 20.8 Å². The summed E-state index contributed by atoms with van der Waals surface area (Å²) in [5, 5.41) is 15.3. The number of aryl methyl sites for hydroxylation is 1. The Kier molecular flexibility index (Phi) is 7.38. The maximum absolute atomic E-state index is 12.9. The molecular weight excluding hydrogens is 454 g/mol. The Morgan fingerprint density at radius 2 is 1.81 bits per heavy atom. The van der Waals surface area contributed by atoms with Crippen LogP contribution in [0.15, 0.2) is 66.7 Å². The smallest absolute Gasteiger partial charge is 0.303 e. The second-order valence-corrected chi connectivity index (χ2v) is 9.38. The molecule has 0 aromatic heterocycles. The summed E-state index contributed by atoms with van der Waals surface area (Å²) in [7, 11) is 1.73. The van der Waals surface area contributed by atoms with Crippen molar-refractivity contribution in [3.05, 3.63) is 89.0 Å². The largest absolute Gasteiger partial charge is 0.481 e. The van der Waals surface area contributed by atoms with Crippen molar-refractivity contribution < 1.29 is 19.5 Å². The fraction of sp³-hybridized carbons (Fsp3) is 0.276. The van der Waals surface area contributed by atoms with Crippen molar-refractivity contribution in [2.75, 3.05) is 29.1 Å². The number of nitrogens with zero attached hydrogens (tertiary/aromatic N) is 1. The highest BCUT2D eigenvalue weighted by Crippen LogP contribution is 2.32. The van der Waals surface area contributed by atoms with E-state index in [1.807, 2.05) is 80.6 Å². The van der Waals surface area contributed by atoms with Gasteiger partial charge in [-0.05, 0) is 59.4 Å². The number of carboxylic acid groups (broad SMARTS) is 1. The van der Waals surface area contributed by atoms with Crippen molar-refractivity contribution in [1.82, 2.24) is 0 Å². The second-order valence-electron chi connectivity index (χ2n) is 9.38. The molecule has 3 N–H and O–H groups in total. The number of carbonyl (C=O) groups is 3. The molecule has 0 bridgehead atoms. The van der Waals surface area contributed by atoms with Gasteiger partial charge in [-0.15, -0.1) is 0 Å². The molecule has 0 radical (unpaired) electrons. The van der Waals surface area contributed by atoms with Crippen LogP contribution in [0.3, 0.4) is 0 Å². The van der Waals surface area contributed by atoms with Gasteiger partial charge in [0.2, 0.25) is 11.8 Å². The van der Waals surface area contributed by atoms with Gasteiger partial charge in [0.15, 0.2) is 0 Å². The van der Waals surface area contributed by atoms with Crippen LogP contribution in [0.2, 0.25) is 0 Å². The maximum atomic E-state index is 12.9. The first kappa shape index (κ1) is 25.0. The molecule has 2 atom stereocenters. The van der Waals surface area contributed by atoms with Crippen molar-refractivity contribution >= 4 is 34.8 Å². The lowest BCUT2D eigenvalue weighted by Crippen LogP contribution is -2.28. The fourth-order valence-corrected chi connectivity index (χ4v) is 4.56. The SMILES string of the molecule is Cc1cc(CC(=O)N(C)c2ccc(C(C)CC(=O)O)cc2)ccc1NC(=O)C1CNc2ccccc21. The summed E-state index contributed by atoms with van der Waals surface area (Å²) in [6.45, 7) is 4.36. The number of nitrogens with one attached hydrogen (secondary N) is 2. The minimum atomic E-state index is -0.833.